The first-order chi connectivity index (χ1) is 10.2. The van der Waals surface area contributed by atoms with Gasteiger partial charge in [-0.1, -0.05) is 47.0 Å². The molecule has 2 aromatic rings. The highest BCUT2D eigenvalue weighted by Crippen LogP contribution is 2.37. The topological polar surface area (TPSA) is 43.8 Å². The van der Waals surface area contributed by atoms with Crippen molar-refractivity contribution in [1.82, 2.24) is 9.55 Å². The van der Waals surface area contributed by atoms with Gasteiger partial charge in [0, 0.05) is 22.5 Å². The third-order valence-electron chi connectivity index (χ3n) is 4.17. The summed E-state index contributed by atoms with van der Waals surface area (Å²) in [4.78, 5) is 4.89. The molecule has 0 amide bonds. The Kier molecular flexibility index (Phi) is 4.15. The summed E-state index contributed by atoms with van der Waals surface area (Å²) in [5.74, 6) is 2.41. The Labute approximate surface area is 134 Å². The summed E-state index contributed by atoms with van der Waals surface area (Å²) in [5.41, 5.74) is 8.33. The lowest BCUT2D eigenvalue weighted by Crippen LogP contribution is -2.08. The van der Waals surface area contributed by atoms with Gasteiger partial charge < -0.3 is 10.3 Å². The molecule has 0 unspecified atom stereocenters. The van der Waals surface area contributed by atoms with E-state index in [-0.39, 0.29) is 0 Å². The lowest BCUT2D eigenvalue weighted by molar-refractivity contribution is 0.618. The van der Waals surface area contributed by atoms with Gasteiger partial charge in [0.2, 0.25) is 0 Å². The van der Waals surface area contributed by atoms with E-state index in [0.29, 0.717) is 5.92 Å². The number of hydrogen-bond acceptors (Lipinski definition) is 2. The molecule has 1 saturated carbocycles. The summed E-state index contributed by atoms with van der Waals surface area (Å²) < 4.78 is 3.17. The minimum Gasteiger partial charge on any atom is -0.383 e. The monoisotopic (exact) mass is 345 g/mol. The molecule has 0 atom stereocenters. The minimum absolute atomic E-state index is 0.535. The molecule has 1 aromatic heterocycles. The van der Waals surface area contributed by atoms with Gasteiger partial charge in [0.25, 0.3) is 0 Å². The predicted molar refractivity (Wildman–Crippen MR) is 91.2 cm³/mol. The molecular formula is C17H20BrN3. The molecule has 3 nitrogen and oxygen atoms in total. The third-order valence-corrected chi connectivity index (χ3v) is 4.66. The van der Waals surface area contributed by atoms with Crippen molar-refractivity contribution in [2.24, 2.45) is 0 Å². The van der Waals surface area contributed by atoms with Crippen molar-refractivity contribution in [3.63, 3.8) is 0 Å². The van der Waals surface area contributed by atoms with E-state index in [9.17, 15) is 0 Å². The molecule has 110 valence electrons. The maximum atomic E-state index is 6.38. The molecule has 1 aromatic carbocycles. The normalized spacial score (nSPS) is 15.5. The van der Waals surface area contributed by atoms with E-state index in [4.69, 9.17) is 10.7 Å². The molecule has 1 fully saturated rings. The Balaban J connectivity index is 2.09. The van der Waals surface area contributed by atoms with E-state index in [1.165, 1.54) is 25.7 Å². The number of hydrogen-bond donors (Lipinski definition) is 1. The van der Waals surface area contributed by atoms with E-state index in [1.54, 1.807) is 0 Å². The number of benzene rings is 1. The summed E-state index contributed by atoms with van der Waals surface area (Å²) >= 11 is 3.51. The molecule has 0 bridgehead atoms. The molecule has 2 N–H and O–H groups in total. The van der Waals surface area contributed by atoms with Gasteiger partial charge >= 0.3 is 0 Å². The molecule has 3 rings (SSSR count). The molecule has 0 radical (unpaired) electrons. The Hall–Kier alpha value is -1.55. The minimum atomic E-state index is 0.535. The Bertz CT molecular complexity index is 654. The number of imidazole rings is 1. The number of aromatic nitrogens is 2. The quantitative estimate of drug-likeness (QED) is 0.813. The zero-order valence-electron chi connectivity index (χ0n) is 12.1. The fourth-order valence-electron chi connectivity index (χ4n) is 3.15. The van der Waals surface area contributed by atoms with Crippen molar-refractivity contribution >= 4 is 21.7 Å². The summed E-state index contributed by atoms with van der Waals surface area (Å²) in [5, 5.41) is 0. The highest BCUT2D eigenvalue weighted by Gasteiger charge is 2.25. The second-order valence-electron chi connectivity index (χ2n) is 5.59. The third kappa shape index (κ3) is 2.77. The van der Waals surface area contributed by atoms with Crippen LogP contribution in [-0.4, -0.2) is 9.55 Å². The first-order valence-electron chi connectivity index (χ1n) is 7.43. The summed E-state index contributed by atoms with van der Waals surface area (Å²) in [6.45, 7) is 4.57. The highest BCUT2D eigenvalue weighted by molar-refractivity contribution is 9.10. The maximum absolute atomic E-state index is 6.38. The number of nitrogen functional groups attached to an aromatic ring is 1. The summed E-state index contributed by atoms with van der Waals surface area (Å²) in [7, 11) is 0. The molecule has 0 aliphatic heterocycles. The van der Waals surface area contributed by atoms with Gasteiger partial charge in [0.05, 0.1) is 0 Å². The molecule has 1 aliphatic carbocycles. The second-order valence-corrected chi connectivity index (χ2v) is 6.51. The van der Waals surface area contributed by atoms with Crippen LogP contribution in [0.25, 0.3) is 11.3 Å². The Morgan fingerprint density at radius 2 is 2.14 bits per heavy atom. The van der Waals surface area contributed by atoms with Crippen LogP contribution < -0.4 is 5.73 Å². The van der Waals surface area contributed by atoms with Gasteiger partial charge in [-0.3, -0.25) is 0 Å². The lowest BCUT2D eigenvalue weighted by Gasteiger charge is -2.11. The highest BCUT2D eigenvalue weighted by atomic mass is 79.9. The van der Waals surface area contributed by atoms with Gasteiger partial charge in [-0.2, -0.15) is 0 Å². The number of allylic oxidation sites excluding steroid dienone is 1. The van der Waals surface area contributed by atoms with Crippen molar-refractivity contribution in [3.05, 3.63) is 47.2 Å². The van der Waals surface area contributed by atoms with E-state index in [2.05, 4.69) is 39.2 Å². The number of nitrogens with two attached hydrogens (primary N) is 1. The van der Waals surface area contributed by atoms with Crippen LogP contribution in [0.15, 0.2) is 41.4 Å². The SMILES string of the molecule is C=CCn1c(C2CCCC2)nc(-c2cccc(Br)c2)c1N. The zero-order chi connectivity index (χ0) is 14.8. The van der Waals surface area contributed by atoms with Gasteiger partial charge in [0.1, 0.15) is 17.3 Å². The van der Waals surface area contributed by atoms with Crippen LogP contribution in [0, 0.1) is 0 Å². The van der Waals surface area contributed by atoms with Crippen molar-refractivity contribution in [2.75, 3.05) is 5.73 Å². The van der Waals surface area contributed by atoms with Crippen molar-refractivity contribution in [1.29, 1.82) is 0 Å². The fourth-order valence-corrected chi connectivity index (χ4v) is 3.55. The van der Waals surface area contributed by atoms with E-state index in [0.717, 1.165) is 33.9 Å². The van der Waals surface area contributed by atoms with Gasteiger partial charge in [0.15, 0.2) is 0 Å². The molecular weight excluding hydrogens is 326 g/mol. The smallest absolute Gasteiger partial charge is 0.132 e. The zero-order valence-corrected chi connectivity index (χ0v) is 13.6. The van der Waals surface area contributed by atoms with Crippen LogP contribution in [0.3, 0.4) is 0 Å². The standard InChI is InChI=1S/C17H20BrN3/c1-2-10-21-16(19)15(13-8-5-9-14(18)11-13)20-17(21)12-6-3-4-7-12/h2,5,8-9,11-12H,1,3-4,6-7,10,19H2. The molecule has 1 heterocycles. The van der Waals surface area contributed by atoms with E-state index >= 15 is 0 Å². The lowest BCUT2D eigenvalue weighted by atomic mass is 10.1. The van der Waals surface area contributed by atoms with E-state index in [1.807, 2.05) is 18.2 Å². The van der Waals surface area contributed by atoms with Gasteiger partial charge in [-0.05, 0) is 25.0 Å². The van der Waals surface area contributed by atoms with Crippen molar-refractivity contribution in [2.45, 2.75) is 38.1 Å². The Morgan fingerprint density at radius 3 is 2.81 bits per heavy atom. The van der Waals surface area contributed by atoms with Crippen LogP contribution >= 0.6 is 15.9 Å². The fraction of sp³-hybridized carbons (Fsp3) is 0.353. The number of nitrogens with zero attached hydrogens (tertiary/aromatic N) is 2. The van der Waals surface area contributed by atoms with Crippen LogP contribution in [0.1, 0.15) is 37.4 Å². The largest absolute Gasteiger partial charge is 0.383 e. The second kappa shape index (κ2) is 6.06. The Morgan fingerprint density at radius 1 is 1.38 bits per heavy atom. The summed E-state index contributed by atoms with van der Waals surface area (Å²) in [6.07, 6.45) is 6.90. The average Bonchev–Trinajstić information content (AvgIpc) is 3.09. The van der Waals surface area contributed by atoms with Crippen molar-refractivity contribution in [3.8, 4) is 11.3 Å². The number of anilines is 1. The average molecular weight is 346 g/mol. The maximum Gasteiger partial charge on any atom is 0.132 e. The first-order valence-corrected chi connectivity index (χ1v) is 8.22. The predicted octanol–water partition coefficient (Wildman–Crippen LogP) is 4.74. The van der Waals surface area contributed by atoms with Crippen LogP contribution in [0.4, 0.5) is 5.82 Å². The molecule has 0 saturated heterocycles. The number of rotatable bonds is 4. The van der Waals surface area contributed by atoms with Crippen LogP contribution in [-0.2, 0) is 6.54 Å². The molecule has 4 heteroatoms. The number of halogens is 1. The molecule has 0 spiro atoms. The van der Waals surface area contributed by atoms with Crippen LogP contribution in [0.5, 0.6) is 0 Å². The van der Waals surface area contributed by atoms with Crippen molar-refractivity contribution < 1.29 is 0 Å². The van der Waals surface area contributed by atoms with Crippen LogP contribution in [0.2, 0.25) is 0 Å². The van der Waals surface area contributed by atoms with E-state index < -0.39 is 0 Å². The summed E-state index contributed by atoms with van der Waals surface area (Å²) in [6, 6.07) is 8.15. The first kappa shape index (κ1) is 14.4. The molecule has 1 aliphatic rings. The van der Waals surface area contributed by atoms with Gasteiger partial charge in [-0.25, -0.2) is 4.98 Å². The molecule has 21 heavy (non-hydrogen) atoms. The van der Waals surface area contributed by atoms with Gasteiger partial charge in [-0.15, -0.1) is 6.58 Å².